The number of esters is 1. The molecule has 0 aromatic rings. The van der Waals surface area contributed by atoms with E-state index in [0.29, 0.717) is 0 Å². The van der Waals surface area contributed by atoms with Gasteiger partial charge in [-0.3, -0.25) is 0 Å². The Balaban J connectivity index is 3.80. The highest BCUT2D eigenvalue weighted by molar-refractivity contribution is 8.18. The Labute approximate surface area is 79.5 Å². The van der Waals surface area contributed by atoms with Crippen molar-refractivity contribution in [2.24, 2.45) is 0 Å². The van der Waals surface area contributed by atoms with Gasteiger partial charge in [0.1, 0.15) is 0 Å². The number of ether oxygens (including phenoxy) is 1. The molecule has 0 aromatic carbocycles. The van der Waals surface area contributed by atoms with Gasteiger partial charge < -0.3 is 9.84 Å². The van der Waals surface area contributed by atoms with E-state index in [-0.39, 0.29) is 0 Å². The summed E-state index contributed by atoms with van der Waals surface area (Å²) in [4.78, 5) is 20.5. The zero-order valence-electron chi connectivity index (χ0n) is 5.22. The summed E-state index contributed by atoms with van der Waals surface area (Å²) in [6, 6.07) is 0. The van der Waals surface area contributed by atoms with Crippen molar-refractivity contribution in [1.29, 1.82) is 0 Å². The van der Waals surface area contributed by atoms with Gasteiger partial charge in [0.05, 0.1) is 0 Å². The average Bonchev–Trinajstić information content (AvgIpc) is 1.80. The Morgan fingerprint density at radius 2 is 1.82 bits per heavy atom. The predicted molar refractivity (Wildman–Crippen MR) is 48.3 cm³/mol. The summed E-state index contributed by atoms with van der Waals surface area (Å²) in [5.41, 5.74) is 0. The van der Waals surface area contributed by atoms with Crippen molar-refractivity contribution < 1.29 is 19.4 Å². The molecule has 1 N–H and O–H groups in total. The summed E-state index contributed by atoms with van der Waals surface area (Å²) in [6.45, 7) is -0.706. The Hall–Kier alpha value is -0.0100. The van der Waals surface area contributed by atoms with Crippen LogP contribution in [0.2, 0.25) is 0 Å². The molecule has 0 radical (unpaired) electrons. The normalized spacial score (nSPS) is 10.8. The van der Waals surface area contributed by atoms with Gasteiger partial charge in [0.25, 0.3) is 0 Å². The van der Waals surface area contributed by atoms with Gasteiger partial charge in [0, 0.05) is 0 Å². The summed E-state index contributed by atoms with van der Waals surface area (Å²) in [6.07, 6.45) is 0. The number of carboxylic acid groups (broad SMARTS) is 1. The Morgan fingerprint density at radius 1 is 1.36 bits per heavy atom. The first kappa shape index (κ1) is 11.0. The first-order chi connectivity index (χ1) is 4.84. The van der Waals surface area contributed by atoms with Crippen LogP contribution in [0, 0.1) is 0 Å². The first-order valence-corrected chi connectivity index (χ1v) is 3.74. The van der Waals surface area contributed by atoms with Gasteiger partial charge in [-0.15, -0.1) is 37.9 Å². The van der Waals surface area contributed by atoms with Gasteiger partial charge in [-0.25, -0.2) is 9.59 Å². The highest BCUT2D eigenvalue weighted by Crippen LogP contribution is 2.25. The summed E-state index contributed by atoms with van der Waals surface area (Å²) >= 11 is 10.8. The van der Waals surface area contributed by atoms with E-state index in [1.54, 1.807) is 0 Å². The van der Waals surface area contributed by atoms with E-state index >= 15 is 0 Å². The second-order valence-electron chi connectivity index (χ2n) is 1.61. The van der Waals surface area contributed by atoms with E-state index < -0.39 is 22.0 Å². The number of carbonyl (C=O) groups is 2. The van der Waals surface area contributed by atoms with Crippen LogP contribution in [0.1, 0.15) is 0 Å². The third-order valence-electron chi connectivity index (χ3n) is 0.601. The fourth-order valence-electron chi connectivity index (χ4n) is 0.224. The average molecular weight is 214 g/mol. The van der Waals surface area contributed by atoms with Crippen molar-refractivity contribution in [3.8, 4) is 0 Å². The molecule has 0 spiro atoms. The third kappa shape index (κ3) is 5.28. The molecule has 0 amide bonds. The van der Waals surface area contributed by atoms with E-state index in [1.165, 1.54) is 0 Å². The van der Waals surface area contributed by atoms with Crippen LogP contribution in [-0.4, -0.2) is 27.1 Å². The predicted octanol–water partition coefficient (Wildman–Crippen LogP) is 0.0574. The zero-order valence-corrected chi connectivity index (χ0v) is 7.90. The molecule has 0 unspecified atom stereocenters. The van der Waals surface area contributed by atoms with Crippen LogP contribution in [0.15, 0.2) is 0 Å². The lowest BCUT2D eigenvalue weighted by Gasteiger charge is -2.12. The largest absolute Gasteiger partial charge is 0.479 e. The lowest BCUT2D eigenvalue weighted by atomic mass is 10.7. The van der Waals surface area contributed by atoms with Crippen molar-refractivity contribution in [1.82, 2.24) is 0 Å². The molecule has 64 valence electrons. The van der Waals surface area contributed by atoms with Gasteiger partial charge in [-0.1, -0.05) is 0 Å². The van der Waals surface area contributed by atoms with Crippen molar-refractivity contribution in [3.05, 3.63) is 0 Å². The molecule has 0 heterocycles. The maximum atomic E-state index is 10.7. The van der Waals surface area contributed by atoms with Crippen LogP contribution in [0.3, 0.4) is 0 Å². The molecule has 0 bridgehead atoms. The standard InChI is InChI=1S/C4H6O4S3/c5-2(6)1-8-3(7)4(9,10)11/h9-11H,1H2,(H,5,6). The molecule has 0 aliphatic rings. The molecule has 0 aromatic heterocycles. The van der Waals surface area contributed by atoms with Crippen LogP contribution in [0.4, 0.5) is 0 Å². The van der Waals surface area contributed by atoms with E-state index in [0.717, 1.165) is 0 Å². The van der Waals surface area contributed by atoms with Gasteiger partial charge in [0.2, 0.25) is 0 Å². The Bertz CT molecular complexity index is 173. The summed E-state index contributed by atoms with van der Waals surface area (Å²) in [5, 5.41) is 8.08. The highest BCUT2D eigenvalue weighted by Gasteiger charge is 2.27. The Morgan fingerprint density at radius 3 is 2.09 bits per heavy atom. The molecule has 0 atom stereocenters. The number of carbonyl (C=O) groups excluding carboxylic acids is 1. The SMILES string of the molecule is O=C(O)COC(=O)C(S)(S)S. The van der Waals surface area contributed by atoms with Crippen molar-refractivity contribution in [3.63, 3.8) is 0 Å². The number of aliphatic carboxylic acids is 1. The minimum absolute atomic E-state index is 0.706. The molecule has 0 saturated carbocycles. The Kier molecular flexibility index (Phi) is 4.12. The highest BCUT2D eigenvalue weighted by atomic mass is 32.2. The van der Waals surface area contributed by atoms with Crippen LogP contribution in [0.5, 0.6) is 0 Å². The van der Waals surface area contributed by atoms with Crippen LogP contribution < -0.4 is 0 Å². The lowest BCUT2D eigenvalue weighted by Crippen LogP contribution is -2.25. The number of thiol groups is 3. The molecule has 11 heavy (non-hydrogen) atoms. The number of hydrogen-bond acceptors (Lipinski definition) is 6. The second kappa shape index (κ2) is 4.13. The van der Waals surface area contributed by atoms with E-state index in [4.69, 9.17) is 5.11 Å². The van der Waals surface area contributed by atoms with Crippen LogP contribution in [0.25, 0.3) is 0 Å². The first-order valence-electron chi connectivity index (χ1n) is 2.40. The maximum Gasteiger partial charge on any atom is 0.342 e. The van der Waals surface area contributed by atoms with Crippen molar-refractivity contribution in [2.75, 3.05) is 6.61 Å². The van der Waals surface area contributed by atoms with E-state index in [1.807, 2.05) is 0 Å². The van der Waals surface area contributed by atoms with Gasteiger partial charge in [-0.05, 0) is 0 Å². The molecule has 0 aliphatic carbocycles. The lowest BCUT2D eigenvalue weighted by molar-refractivity contribution is -0.154. The van der Waals surface area contributed by atoms with Crippen LogP contribution in [-0.2, 0) is 14.3 Å². The molecule has 0 aliphatic heterocycles. The van der Waals surface area contributed by atoms with Gasteiger partial charge in [-0.2, -0.15) is 0 Å². The fraction of sp³-hybridized carbons (Fsp3) is 0.500. The molecular weight excluding hydrogens is 208 g/mol. The number of rotatable bonds is 3. The fourth-order valence-corrected chi connectivity index (χ4v) is 0.418. The van der Waals surface area contributed by atoms with E-state index in [2.05, 4.69) is 42.6 Å². The maximum absolute atomic E-state index is 10.7. The van der Waals surface area contributed by atoms with Crippen LogP contribution >= 0.6 is 37.9 Å². The van der Waals surface area contributed by atoms with Crippen molar-refractivity contribution in [2.45, 2.75) is 3.41 Å². The summed E-state index contributed by atoms with van der Waals surface area (Å²) < 4.78 is 2.65. The smallest absolute Gasteiger partial charge is 0.342 e. The molecule has 7 heteroatoms. The summed E-state index contributed by atoms with van der Waals surface area (Å²) in [7, 11) is 0. The van der Waals surface area contributed by atoms with Gasteiger partial charge in [0.15, 0.2) is 10.0 Å². The molecule has 0 fully saturated rings. The third-order valence-corrected chi connectivity index (χ3v) is 1.15. The second-order valence-corrected chi connectivity index (χ2v) is 4.68. The molecule has 0 rings (SSSR count). The van der Waals surface area contributed by atoms with E-state index in [9.17, 15) is 9.59 Å². The minimum atomic E-state index is -1.55. The number of hydrogen-bond donors (Lipinski definition) is 4. The minimum Gasteiger partial charge on any atom is -0.479 e. The topological polar surface area (TPSA) is 63.6 Å². The van der Waals surface area contributed by atoms with Gasteiger partial charge >= 0.3 is 11.9 Å². The quantitative estimate of drug-likeness (QED) is 0.305. The summed E-state index contributed by atoms with van der Waals surface area (Å²) in [5.74, 6) is -2.15. The zero-order chi connectivity index (χ0) is 9.07. The monoisotopic (exact) mass is 214 g/mol. The molecular formula is C4H6O4S3. The van der Waals surface area contributed by atoms with Crippen molar-refractivity contribution >= 4 is 49.8 Å². The molecule has 0 saturated heterocycles. The number of carboxylic acids is 1. The molecule has 4 nitrogen and oxygen atoms in total.